The maximum Gasteiger partial charge on any atom is 0.229 e. The van der Waals surface area contributed by atoms with E-state index in [4.69, 9.17) is 22.7 Å². The van der Waals surface area contributed by atoms with Crippen molar-refractivity contribution in [3.8, 4) is 5.75 Å². The Morgan fingerprint density at radius 1 is 1.59 bits per heavy atom. The molecule has 0 bridgehead atoms. The van der Waals surface area contributed by atoms with Crippen LogP contribution in [0.1, 0.15) is 6.42 Å². The van der Waals surface area contributed by atoms with Gasteiger partial charge in [-0.25, -0.2) is 0 Å². The topological polar surface area (TPSA) is 67.6 Å². The van der Waals surface area contributed by atoms with Crippen LogP contribution in [-0.2, 0) is 4.79 Å². The number of nitrogens with one attached hydrogen (secondary N) is 1. The molecule has 2 rings (SSSR count). The van der Waals surface area contributed by atoms with Crippen molar-refractivity contribution in [2.24, 2.45) is 5.73 Å². The van der Waals surface area contributed by atoms with E-state index >= 15 is 0 Å². The first kappa shape index (κ1) is 11.8. The number of hydrogen-bond acceptors (Lipinski definition) is 4. The van der Waals surface area contributed by atoms with Crippen LogP contribution in [-0.4, -0.2) is 24.3 Å². The number of methoxy groups -OCH3 is 1. The van der Waals surface area contributed by atoms with Gasteiger partial charge >= 0.3 is 0 Å². The molecule has 1 aliphatic heterocycles. The minimum Gasteiger partial charge on any atom is -0.497 e. The van der Waals surface area contributed by atoms with Crippen molar-refractivity contribution >= 4 is 28.9 Å². The second kappa shape index (κ2) is 4.68. The fourth-order valence-electron chi connectivity index (χ4n) is 1.73. The second-order valence-corrected chi connectivity index (χ2v) is 4.08. The van der Waals surface area contributed by atoms with Gasteiger partial charge in [0.25, 0.3) is 0 Å². The minimum absolute atomic E-state index is 0.151. The summed E-state index contributed by atoms with van der Waals surface area (Å²) >= 11 is 5.12. The predicted octanol–water partition coefficient (Wildman–Crippen LogP) is 0.591. The summed E-state index contributed by atoms with van der Waals surface area (Å²) in [5.41, 5.74) is 6.73. The number of anilines is 1. The molecule has 0 spiro atoms. The molecule has 1 heterocycles. The monoisotopic (exact) mass is 251 g/mol. The Morgan fingerprint density at radius 2 is 2.35 bits per heavy atom. The normalized spacial score (nSPS) is 20.1. The van der Waals surface area contributed by atoms with Crippen LogP contribution < -0.4 is 20.7 Å². The summed E-state index contributed by atoms with van der Waals surface area (Å²) in [6.45, 7) is 0. The summed E-state index contributed by atoms with van der Waals surface area (Å²) in [5.74, 6) is 0.566. The first-order valence-electron chi connectivity index (χ1n) is 5.14. The third kappa shape index (κ3) is 2.37. The summed E-state index contributed by atoms with van der Waals surface area (Å²) < 4.78 is 5.14. The number of nitrogens with zero attached hydrogens (tertiary/aromatic N) is 1. The van der Waals surface area contributed by atoms with Crippen molar-refractivity contribution in [1.29, 1.82) is 0 Å². The highest BCUT2D eigenvalue weighted by Crippen LogP contribution is 2.24. The number of rotatable bonds is 2. The average Bonchev–Trinajstić information content (AvgIpc) is 2.28. The van der Waals surface area contributed by atoms with Gasteiger partial charge in [0, 0.05) is 11.8 Å². The largest absolute Gasteiger partial charge is 0.497 e. The number of ether oxygens (including phenoxy) is 1. The summed E-state index contributed by atoms with van der Waals surface area (Å²) in [6, 6.07) is 7.37. The van der Waals surface area contributed by atoms with Crippen molar-refractivity contribution in [1.82, 2.24) is 5.32 Å². The Hall–Kier alpha value is -1.66. The number of hydrogen-bond donors (Lipinski definition) is 2. The molecule has 90 valence electrons. The lowest BCUT2D eigenvalue weighted by Crippen LogP contribution is -2.58. The van der Waals surface area contributed by atoms with E-state index in [0.29, 0.717) is 5.11 Å². The quantitative estimate of drug-likeness (QED) is 0.753. The van der Waals surface area contributed by atoms with E-state index in [1.54, 1.807) is 12.0 Å². The van der Waals surface area contributed by atoms with Gasteiger partial charge in [-0.2, -0.15) is 0 Å². The summed E-state index contributed by atoms with van der Waals surface area (Å²) in [6.07, 6.45) is -0.222. The lowest BCUT2D eigenvalue weighted by molar-refractivity contribution is -0.120. The standard InChI is InChI=1S/C11H13N3O2S/c1-16-8-4-2-3-7(5-8)14-9(12)6-10(15)13-11(14)17/h2-5,9H,6,12H2,1H3,(H,13,15,17). The smallest absolute Gasteiger partial charge is 0.229 e. The molecule has 1 unspecified atom stereocenters. The average molecular weight is 251 g/mol. The Morgan fingerprint density at radius 3 is 3.00 bits per heavy atom. The van der Waals surface area contributed by atoms with Gasteiger partial charge in [0.15, 0.2) is 5.11 Å². The molecule has 6 heteroatoms. The predicted molar refractivity (Wildman–Crippen MR) is 68.8 cm³/mol. The summed E-state index contributed by atoms with van der Waals surface area (Å²) in [7, 11) is 1.59. The first-order valence-corrected chi connectivity index (χ1v) is 5.55. The molecule has 3 N–H and O–H groups in total. The van der Waals surface area contributed by atoms with Gasteiger partial charge < -0.3 is 20.7 Å². The van der Waals surface area contributed by atoms with E-state index in [9.17, 15) is 4.79 Å². The fourth-order valence-corrected chi connectivity index (χ4v) is 2.09. The molecular weight excluding hydrogens is 238 g/mol. The van der Waals surface area contributed by atoms with E-state index in [1.807, 2.05) is 24.3 Å². The van der Waals surface area contributed by atoms with E-state index in [2.05, 4.69) is 5.32 Å². The number of amides is 1. The van der Waals surface area contributed by atoms with Crippen molar-refractivity contribution in [2.45, 2.75) is 12.6 Å². The zero-order valence-electron chi connectivity index (χ0n) is 9.34. The Labute approximate surface area is 105 Å². The molecule has 0 saturated carbocycles. The number of nitrogens with two attached hydrogens (primary N) is 1. The van der Waals surface area contributed by atoms with E-state index in [-0.39, 0.29) is 12.3 Å². The Balaban J connectivity index is 2.31. The fraction of sp³-hybridized carbons (Fsp3) is 0.273. The maximum absolute atomic E-state index is 11.3. The second-order valence-electron chi connectivity index (χ2n) is 3.70. The molecule has 1 saturated heterocycles. The van der Waals surface area contributed by atoms with Crippen LogP contribution in [0, 0.1) is 0 Å². The van der Waals surface area contributed by atoms with Gasteiger partial charge in [0.1, 0.15) is 5.75 Å². The molecule has 0 aliphatic carbocycles. The molecular formula is C11H13N3O2S. The van der Waals surface area contributed by atoms with Crippen LogP contribution in [0.4, 0.5) is 5.69 Å². The van der Waals surface area contributed by atoms with Crippen molar-refractivity contribution in [3.05, 3.63) is 24.3 Å². The number of carbonyl (C=O) groups is 1. The van der Waals surface area contributed by atoms with Crippen molar-refractivity contribution in [3.63, 3.8) is 0 Å². The molecule has 1 fully saturated rings. The number of thiocarbonyl (C=S) groups is 1. The lowest BCUT2D eigenvalue weighted by Gasteiger charge is -2.34. The molecule has 5 nitrogen and oxygen atoms in total. The van der Waals surface area contributed by atoms with Crippen LogP contribution in [0.5, 0.6) is 5.75 Å². The van der Waals surface area contributed by atoms with Crippen molar-refractivity contribution < 1.29 is 9.53 Å². The Kier molecular flexibility index (Phi) is 3.26. The van der Waals surface area contributed by atoms with Gasteiger partial charge in [-0.05, 0) is 24.4 Å². The van der Waals surface area contributed by atoms with Crippen LogP contribution >= 0.6 is 12.2 Å². The molecule has 1 aromatic rings. The molecule has 0 aromatic heterocycles. The van der Waals surface area contributed by atoms with Crippen molar-refractivity contribution in [2.75, 3.05) is 12.0 Å². The molecule has 1 atom stereocenters. The van der Waals surface area contributed by atoms with Gasteiger partial charge in [-0.3, -0.25) is 4.79 Å². The van der Waals surface area contributed by atoms with Gasteiger partial charge in [0.2, 0.25) is 5.91 Å². The van der Waals surface area contributed by atoms with E-state index < -0.39 is 6.17 Å². The molecule has 1 aliphatic rings. The zero-order chi connectivity index (χ0) is 12.4. The third-order valence-electron chi connectivity index (χ3n) is 2.52. The first-order chi connectivity index (χ1) is 8.11. The molecule has 0 radical (unpaired) electrons. The van der Waals surface area contributed by atoms with Crippen LogP contribution in [0.2, 0.25) is 0 Å². The highest BCUT2D eigenvalue weighted by molar-refractivity contribution is 7.80. The molecule has 17 heavy (non-hydrogen) atoms. The summed E-state index contributed by atoms with van der Waals surface area (Å²) in [5, 5.41) is 2.91. The SMILES string of the molecule is COc1cccc(N2C(=S)NC(=O)CC2N)c1. The molecule has 1 amide bonds. The summed E-state index contributed by atoms with van der Waals surface area (Å²) in [4.78, 5) is 13.0. The maximum atomic E-state index is 11.3. The Bertz CT molecular complexity index is 464. The van der Waals surface area contributed by atoms with Gasteiger partial charge in [-0.15, -0.1) is 0 Å². The third-order valence-corrected chi connectivity index (χ3v) is 2.82. The highest BCUT2D eigenvalue weighted by atomic mass is 32.1. The highest BCUT2D eigenvalue weighted by Gasteiger charge is 2.28. The lowest BCUT2D eigenvalue weighted by atomic mass is 10.2. The van der Waals surface area contributed by atoms with E-state index in [0.717, 1.165) is 11.4 Å². The van der Waals surface area contributed by atoms with E-state index in [1.165, 1.54) is 0 Å². The minimum atomic E-state index is -0.441. The van der Waals surface area contributed by atoms with Gasteiger partial charge in [-0.1, -0.05) is 6.07 Å². The number of benzene rings is 1. The van der Waals surface area contributed by atoms with Gasteiger partial charge in [0.05, 0.1) is 19.7 Å². The number of carbonyl (C=O) groups excluding carboxylic acids is 1. The molecule has 1 aromatic carbocycles. The van der Waals surface area contributed by atoms with Crippen LogP contribution in [0.15, 0.2) is 24.3 Å². The zero-order valence-corrected chi connectivity index (χ0v) is 10.2. The van der Waals surface area contributed by atoms with Crippen LogP contribution in [0.3, 0.4) is 0 Å². The van der Waals surface area contributed by atoms with Crippen LogP contribution in [0.25, 0.3) is 0 Å².